The van der Waals surface area contributed by atoms with Gasteiger partial charge in [-0.2, -0.15) is 0 Å². The fourth-order valence-electron chi connectivity index (χ4n) is 2.50. The smallest absolute Gasteiger partial charge is 0.188 e. The Balaban J connectivity index is 1.75. The van der Waals surface area contributed by atoms with Crippen LogP contribution in [-0.2, 0) is 6.42 Å². The van der Waals surface area contributed by atoms with Crippen molar-refractivity contribution in [3.63, 3.8) is 0 Å². The molecule has 1 aliphatic carbocycles. The lowest BCUT2D eigenvalue weighted by molar-refractivity contribution is 0.412. The lowest BCUT2D eigenvalue weighted by Crippen LogP contribution is -2.41. The van der Waals surface area contributed by atoms with E-state index in [0.717, 1.165) is 5.56 Å². The van der Waals surface area contributed by atoms with Crippen molar-refractivity contribution in [3.8, 4) is 0 Å². The highest BCUT2D eigenvalue weighted by Gasteiger charge is 2.12. The van der Waals surface area contributed by atoms with E-state index in [1.165, 1.54) is 38.2 Å². The molecule has 0 atom stereocenters. The van der Waals surface area contributed by atoms with Gasteiger partial charge in [-0.25, -0.2) is 4.39 Å². The minimum atomic E-state index is -0.199. The van der Waals surface area contributed by atoms with Crippen molar-refractivity contribution in [2.45, 2.75) is 44.6 Å². The first kappa shape index (κ1) is 13.8. The summed E-state index contributed by atoms with van der Waals surface area (Å²) in [6.45, 7) is 0.592. The van der Waals surface area contributed by atoms with E-state index in [-0.39, 0.29) is 5.82 Å². The van der Waals surface area contributed by atoms with Gasteiger partial charge < -0.3 is 11.1 Å². The van der Waals surface area contributed by atoms with Crippen molar-refractivity contribution < 1.29 is 4.39 Å². The predicted molar refractivity (Wildman–Crippen MR) is 76.6 cm³/mol. The van der Waals surface area contributed by atoms with Gasteiger partial charge in [-0.05, 0) is 37.0 Å². The molecule has 0 spiro atoms. The van der Waals surface area contributed by atoms with Crippen LogP contribution in [0.1, 0.15) is 37.7 Å². The first-order valence-corrected chi connectivity index (χ1v) is 7.05. The van der Waals surface area contributed by atoms with Crippen LogP contribution in [0.4, 0.5) is 4.39 Å². The zero-order valence-electron chi connectivity index (χ0n) is 11.2. The molecular formula is C15H22FN3. The Morgan fingerprint density at radius 2 is 2.11 bits per heavy atom. The Hall–Kier alpha value is -1.58. The van der Waals surface area contributed by atoms with Crippen LogP contribution >= 0.6 is 0 Å². The van der Waals surface area contributed by atoms with Crippen LogP contribution in [0.25, 0.3) is 0 Å². The van der Waals surface area contributed by atoms with E-state index >= 15 is 0 Å². The van der Waals surface area contributed by atoms with Gasteiger partial charge in [-0.3, -0.25) is 4.99 Å². The largest absolute Gasteiger partial charge is 0.370 e. The van der Waals surface area contributed by atoms with Crippen molar-refractivity contribution in [1.82, 2.24) is 5.32 Å². The number of hydrogen-bond donors (Lipinski definition) is 2. The molecule has 1 saturated carbocycles. The highest BCUT2D eigenvalue weighted by molar-refractivity contribution is 5.78. The quantitative estimate of drug-likeness (QED) is 0.648. The fourth-order valence-corrected chi connectivity index (χ4v) is 2.50. The van der Waals surface area contributed by atoms with E-state index in [1.807, 2.05) is 6.07 Å². The lowest BCUT2D eigenvalue weighted by Gasteiger charge is -2.23. The molecule has 1 aromatic rings. The highest BCUT2D eigenvalue weighted by atomic mass is 19.1. The van der Waals surface area contributed by atoms with E-state index in [0.29, 0.717) is 25.0 Å². The maximum absolute atomic E-state index is 13.0. The molecule has 4 heteroatoms. The van der Waals surface area contributed by atoms with E-state index in [4.69, 9.17) is 5.73 Å². The number of benzene rings is 1. The monoisotopic (exact) mass is 263 g/mol. The molecule has 0 aliphatic heterocycles. The zero-order valence-corrected chi connectivity index (χ0v) is 11.2. The van der Waals surface area contributed by atoms with Crippen LogP contribution in [-0.4, -0.2) is 18.5 Å². The Morgan fingerprint density at radius 1 is 1.32 bits per heavy atom. The third kappa shape index (κ3) is 4.89. The normalized spacial score (nSPS) is 17.4. The number of halogens is 1. The molecule has 0 unspecified atom stereocenters. The molecule has 2 rings (SSSR count). The van der Waals surface area contributed by atoms with E-state index in [9.17, 15) is 4.39 Å². The van der Waals surface area contributed by atoms with Gasteiger partial charge in [0, 0.05) is 12.6 Å². The molecule has 0 radical (unpaired) electrons. The topological polar surface area (TPSA) is 50.4 Å². The summed E-state index contributed by atoms with van der Waals surface area (Å²) in [5.74, 6) is 0.318. The second-order valence-electron chi connectivity index (χ2n) is 5.13. The fraction of sp³-hybridized carbons (Fsp3) is 0.533. The number of aliphatic imine (C=N–C) groups is 1. The summed E-state index contributed by atoms with van der Waals surface area (Å²) < 4.78 is 13.0. The van der Waals surface area contributed by atoms with Crippen molar-refractivity contribution in [3.05, 3.63) is 35.6 Å². The molecule has 1 fully saturated rings. The number of hydrogen-bond acceptors (Lipinski definition) is 1. The first-order chi connectivity index (χ1) is 9.24. The van der Waals surface area contributed by atoms with Gasteiger partial charge in [-0.1, -0.05) is 31.4 Å². The molecule has 0 saturated heterocycles. The van der Waals surface area contributed by atoms with Gasteiger partial charge in [0.25, 0.3) is 0 Å². The number of guanidine groups is 1. The molecule has 0 amide bonds. The van der Waals surface area contributed by atoms with Gasteiger partial charge in [0.2, 0.25) is 0 Å². The summed E-state index contributed by atoms with van der Waals surface area (Å²) in [6, 6.07) is 7.10. The maximum atomic E-state index is 13.0. The van der Waals surface area contributed by atoms with Crippen molar-refractivity contribution in [2.24, 2.45) is 10.7 Å². The molecule has 0 bridgehead atoms. The van der Waals surface area contributed by atoms with Crippen LogP contribution in [0.5, 0.6) is 0 Å². The summed E-state index contributed by atoms with van der Waals surface area (Å²) in [4.78, 5) is 4.30. The minimum Gasteiger partial charge on any atom is -0.370 e. The molecular weight excluding hydrogens is 241 g/mol. The average Bonchev–Trinajstić information content (AvgIpc) is 2.40. The number of nitrogens with two attached hydrogens (primary N) is 1. The van der Waals surface area contributed by atoms with Crippen molar-refractivity contribution >= 4 is 5.96 Å². The van der Waals surface area contributed by atoms with Crippen molar-refractivity contribution in [2.75, 3.05) is 6.54 Å². The molecule has 0 heterocycles. The Kier molecular flexibility index (Phi) is 5.19. The van der Waals surface area contributed by atoms with E-state index in [2.05, 4.69) is 10.3 Å². The van der Waals surface area contributed by atoms with Crippen LogP contribution in [0.2, 0.25) is 0 Å². The summed E-state index contributed by atoms with van der Waals surface area (Å²) in [5.41, 5.74) is 6.82. The van der Waals surface area contributed by atoms with Crippen LogP contribution < -0.4 is 11.1 Å². The number of rotatable bonds is 4. The first-order valence-electron chi connectivity index (χ1n) is 7.05. The third-order valence-corrected chi connectivity index (χ3v) is 3.53. The predicted octanol–water partition coefficient (Wildman–Crippen LogP) is 2.61. The van der Waals surface area contributed by atoms with E-state index in [1.54, 1.807) is 12.1 Å². The SMILES string of the molecule is NC(=NCCc1cccc(F)c1)NC1CCCCC1. The van der Waals surface area contributed by atoms with Crippen LogP contribution in [0.15, 0.2) is 29.3 Å². The summed E-state index contributed by atoms with van der Waals surface area (Å²) in [5, 5.41) is 3.27. The average molecular weight is 263 g/mol. The van der Waals surface area contributed by atoms with Gasteiger partial charge in [0.1, 0.15) is 5.82 Å². The zero-order chi connectivity index (χ0) is 13.5. The van der Waals surface area contributed by atoms with Crippen LogP contribution in [0, 0.1) is 5.82 Å². The van der Waals surface area contributed by atoms with Gasteiger partial charge in [0.05, 0.1) is 0 Å². The Bertz CT molecular complexity index is 425. The number of nitrogens with zero attached hydrogens (tertiary/aromatic N) is 1. The highest BCUT2D eigenvalue weighted by Crippen LogP contribution is 2.16. The van der Waals surface area contributed by atoms with Crippen molar-refractivity contribution in [1.29, 1.82) is 0 Å². The molecule has 3 nitrogen and oxygen atoms in total. The number of nitrogens with one attached hydrogen (secondary N) is 1. The lowest BCUT2D eigenvalue weighted by atomic mass is 9.96. The standard InChI is InChI=1S/C15H22FN3/c16-13-6-4-5-12(11-13)9-10-18-15(17)19-14-7-2-1-3-8-14/h4-6,11,14H,1-3,7-10H2,(H3,17,18,19). The van der Waals surface area contributed by atoms with Gasteiger partial charge >= 0.3 is 0 Å². The van der Waals surface area contributed by atoms with Gasteiger partial charge in [-0.15, -0.1) is 0 Å². The van der Waals surface area contributed by atoms with E-state index < -0.39 is 0 Å². The second-order valence-corrected chi connectivity index (χ2v) is 5.13. The maximum Gasteiger partial charge on any atom is 0.188 e. The Morgan fingerprint density at radius 3 is 2.84 bits per heavy atom. The summed E-state index contributed by atoms with van der Waals surface area (Å²) in [6.07, 6.45) is 6.95. The van der Waals surface area contributed by atoms with Gasteiger partial charge in [0.15, 0.2) is 5.96 Å². The second kappa shape index (κ2) is 7.12. The molecule has 1 aromatic carbocycles. The Labute approximate surface area is 114 Å². The molecule has 19 heavy (non-hydrogen) atoms. The summed E-state index contributed by atoms with van der Waals surface area (Å²) in [7, 11) is 0. The third-order valence-electron chi connectivity index (χ3n) is 3.53. The minimum absolute atomic E-state index is 0.199. The molecule has 0 aromatic heterocycles. The van der Waals surface area contributed by atoms with Crippen LogP contribution in [0.3, 0.4) is 0 Å². The molecule has 1 aliphatic rings. The summed E-state index contributed by atoms with van der Waals surface area (Å²) >= 11 is 0. The molecule has 104 valence electrons. The molecule has 3 N–H and O–H groups in total.